The van der Waals surface area contributed by atoms with Crippen LogP contribution in [0.15, 0.2) is 6.20 Å². The molecule has 1 atom stereocenters. The van der Waals surface area contributed by atoms with Crippen LogP contribution in [0.25, 0.3) is 0 Å². The largest absolute Gasteiger partial charge is 0.270 e. The Morgan fingerprint density at radius 2 is 2.41 bits per heavy atom. The summed E-state index contributed by atoms with van der Waals surface area (Å²) in [6, 6.07) is -0.232. The highest BCUT2D eigenvalue weighted by atomic mass is 35.5. The first-order valence-electron chi connectivity index (χ1n) is 5.13. The number of aryl methyl sites for hydroxylation is 2. The first-order valence-corrected chi connectivity index (χ1v) is 6.28. The molecule has 0 aliphatic carbocycles. The summed E-state index contributed by atoms with van der Waals surface area (Å²) in [6.07, 6.45) is 2.40. The summed E-state index contributed by atoms with van der Waals surface area (Å²) in [5.41, 5.74) is 4.49. The number of hydrogen-bond acceptors (Lipinski definition) is 6. The van der Waals surface area contributed by atoms with Crippen molar-refractivity contribution in [2.24, 2.45) is 12.9 Å². The molecule has 1 unspecified atom stereocenters. The molecule has 0 aliphatic heterocycles. The first-order chi connectivity index (χ1) is 8.19. The van der Waals surface area contributed by atoms with Crippen molar-refractivity contribution in [1.29, 1.82) is 0 Å². The molecule has 2 aromatic heterocycles. The summed E-state index contributed by atoms with van der Waals surface area (Å²) in [7, 11) is 1.83. The lowest BCUT2D eigenvalue weighted by atomic mass is 10.1. The van der Waals surface area contributed by atoms with Crippen LogP contribution in [0, 0.1) is 0 Å². The number of halogens is 1. The zero-order chi connectivity index (χ0) is 12.4. The number of nitrogens with one attached hydrogen (secondary N) is 1. The third kappa shape index (κ3) is 2.19. The third-order valence-corrected chi connectivity index (χ3v) is 3.68. The second-order valence-electron chi connectivity index (χ2n) is 3.54. The van der Waals surface area contributed by atoms with Crippen molar-refractivity contribution in [2.45, 2.75) is 19.4 Å². The topological polar surface area (TPSA) is 81.7 Å². The minimum Gasteiger partial charge on any atom is -0.270 e. The van der Waals surface area contributed by atoms with Gasteiger partial charge in [-0.25, -0.2) is 5.43 Å². The molecule has 92 valence electrons. The molecular formula is C9H13ClN6S. The van der Waals surface area contributed by atoms with Crippen molar-refractivity contribution >= 4 is 23.1 Å². The minimum atomic E-state index is -0.232. The highest BCUT2D eigenvalue weighted by Gasteiger charge is 2.24. The summed E-state index contributed by atoms with van der Waals surface area (Å²) >= 11 is 7.44. The molecule has 8 heteroatoms. The van der Waals surface area contributed by atoms with E-state index in [0.29, 0.717) is 5.02 Å². The number of rotatable bonds is 4. The van der Waals surface area contributed by atoms with Gasteiger partial charge in [0.15, 0.2) is 0 Å². The van der Waals surface area contributed by atoms with Gasteiger partial charge in [-0.1, -0.05) is 23.0 Å². The van der Waals surface area contributed by atoms with Crippen LogP contribution in [-0.4, -0.2) is 19.4 Å². The number of nitrogens with zero attached hydrogens (tertiary/aromatic N) is 4. The molecule has 6 nitrogen and oxygen atoms in total. The molecule has 0 amide bonds. The van der Waals surface area contributed by atoms with Gasteiger partial charge >= 0.3 is 0 Å². The van der Waals surface area contributed by atoms with E-state index >= 15 is 0 Å². The zero-order valence-corrected chi connectivity index (χ0v) is 11.1. The quantitative estimate of drug-likeness (QED) is 0.642. The number of hydrogen-bond donors (Lipinski definition) is 2. The maximum Gasteiger partial charge on any atom is 0.102 e. The number of hydrazine groups is 1. The first kappa shape index (κ1) is 12.4. The Bertz CT molecular complexity index is 488. The molecule has 0 aromatic carbocycles. The van der Waals surface area contributed by atoms with Crippen molar-refractivity contribution in [3.05, 3.63) is 27.5 Å². The van der Waals surface area contributed by atoms with Gasteiger partial charge in [-0.3, -0.25) is 10.5 Å². The molecule has 0 fully saturated rings. The Balaban J connectivity index is 2.47. The predicted molar refractivity (Wildman–Crippen MR) is 66.7 cm³/mol. The fourth-order valence-electron chi connectivity index (χ4n) is 1.70. The van der Waals surface area contributed by atoms with Crippen LogP contribution in [0.1, 0.15) is 29.2 Å². The molecule has 2 aromatic rings. The average Bonchev–Trinajstić information content (AvgIpc) is 2.91. The standard InChI is InChI=1S/C9H13ClN6S/c1-3-6-9(17-15-14-6)7(13-11)8-5(10)4-12-16(8)2/h4,7,13H,3,11H2,1-2H3. The molecule has 0 spiro atoms. The summed E-state index contributed by atoms with van der Waals surface area (Å²) in [4.78, 5) is 0.973. The zero-order valence-electron chi connectivity index (χ0n) is 9.51. The summed E-state index contributed by atoms with van der Waals surface area (Å²) in [5.74, 6) is 5.62. The van der Waals surface area contributed by atoms with Gasteiger partial charge in [0.05, 0.1) is 27.5 Å². The van der Waals surface area contributed by atoms with E-state index in [9.17, 15) is 0 Å². The molecular weight excluding hydrogens is 260 g/mol. The van der Waals surface area contributed by atoms with Crippen molar-refractivity contribution in [1.82, 2.24) is 24.8 Å². The van der Waals surface area contributed by atoms with Gasteiger partial charge in [0.25, 0.3) is 0 Å². The monoisotopic (exact) mass is 272 g/mol. The minimum absolute atomic E-state index is 0.232. The number of nitrogens with two attached hydrogens (primary N) is 1. The molecule has 0 saturated heterocycles. The van der Waals surface area contributed by atoms with Crippen molar-refractivity contribution in [2.75, 3.05) is 0 Å². The second kappa shape index (κ2) is 5.09. The predicted octanol–water partition coefficient (Wildman–Crippen LogP) is 1.04. The molecule has 2 rings (SSSR count). The molecule has 0 radical (unpaired) electrons. The lowest BCUT2D eigenvalue weighted by molar-refractivity contribution is 0.577. The van der Waals surface area contributed by atoms with E-state index < -0.39 is 0 Å². The van der Waals surface area contributed by atoms with Crippen LogP contribution >= 0.6 is 23.1 Å². The molecule has 0 saturated carbocycles. The van der Waals surface area contributed by atoms with E-state index in [4.69, 9.17) is 17.4 Å². The highest BCUT2D eigenvalue weighted by Crippen LogP contribution is 2.30. The van der Waals surface area contributed by atoms with Crippen LogP contribution in [0.5, 0.6) is 0 Å². The van der Waals surface area contributed by atoms with Crippen LogP contribution in [0.4, 0.5) is 0 Å². The maximum atomic E-state index is 6.12. The average molecular weight is 273 g/mol. The Morgan fingerprint density at radius 1 is 1.65 bits per heavy atom. The Kier molecular flexibility index (Phi) is 3.72. The van der Waals surface area contributed by atoms with E-state index in [-0.39, 0.29) is 6.04 Å². The Morgan fingerprint density at radius 3 is 2.94 bits per heavy atom. The fourth-order valence-corrected chi connectivity index (χ4v) is 2.78. The van der Waals surface area contributed by atoms with E-state index in [1.54, 1.807) is 10.9 Å². The van der Waals surface area contributed by atoms with Gasteiger partial charge in [-0.2, -0.15) is 5.10 Å². The van der Waals surface area contributed by atoms with E-state index in [1.807, 2.05) is 14.0 Å². The van der Waals surface area contributed by atoms with Gasteiger partial charge in [-0.15, -0.1) is 5.10 Å². The Labute approximate surface area is 108 Å². The van der Waals surface area contributed by atoms with Crippen LogP contribution in [-0.2, 0) is 13.5 Å². The van der Waals surface area contributed by atoms with E-state index in [0.717, 1.165) is 22.7 Å². The highest BCUT2D eigenvalue weighted by molar-refractivity contribution is 7.05. The molecule has 0 aliphatic rings. The lowest BCUT2D eigenvalue weighted by Crippen LogP contribution is -2.30. The molecule has 0 bridgehead atoms. The van der Waals surface area contributed by atoms with Crippen LogP contribution < -0.4 is 11.3 Å². The normalized spacial score (nSPS) is 12.9. The lowest BCUT2D eigenvalue weighted by Gasteiger charge is -2.15. The Hall–Kier alpha value is -1.02. The van der Waals surface area contributed by atoms with Crippen LogP contribution in [0.3, 0.4) is 0 Å². The van der Waals surface area contributed by atoms with Gasteiger partial charge in [0.2, 0.25) is 0 Å². The maximum absolute atomic E-state index is 6.12. The van der Waals surface area contributed by atoms with Crippen LogP contribution in [0.2, 0.25) is 5.02 Å². The van der Waals surface area contributed by atoms with Gasteiger partial charge in [-0.05, 0) is 18.0 Å². The van der Waals surface area contributed by atoms with E-state index in [2.05, 4.69) is 20.1 Å². The second-order valence-corrected chi connectivity index (χ2v) is 4.73. The SMILES string of the molecule is CCc1nnsc1C(NN)c1c(Cl)cnn1C. The molecule has 2 heterocycles. The smallest absolute Gasteiger partial charge is 0.102 e. The van der Waals surface area contributed by atoms with Gasteiger partial charge < -0.3 is 0 Å². The van der Waals surface area contributed by atoms with Crippen molar-refractivity contribution < 1.29 is 0 Å². The summed E-state index contributed by atoms with van der Waals surface area (Å²) in [5, 5.41) is 8.75. The third-order valence-electron chi connectivity index (χ3n) is 2.56. The van der Waals surface area contributed by atoms with Crippen molar-refractivity contribution in [3.8, 4) is 0 Å². The summed E-state index contributed by atoms with van der Waals surface area (Å²) in [6.45, 7) is 2.03. The molecule has 3 N–H and O–H groups in total. The fraction of sp³-hybridized carbons (Fsp3) is 0.444. The van der Waals surface area contributed by atoms with E-state index in [1.165, 1.54) is 11.5 Å². The molecule has 17 heavy (non-hydrogen) atoms. The summed E-state index contributed by atoms with van der Waals surface area (Å²) < 4.78 is 5.65. The van der Waals surface area contributed by atoms with Gasteiger partial charge in [0, 0.05) is 7.05 Å². The van der Waals surface area contributed by atoms with Gasteiger partial charge in [0.1, 0.15) is 6.04 Å². The number of aromatic nitrogens is 4. The van der Waals surface area contributed by atoms with Crippen molar-refractivity contribution in [3.63, 3.8) is 0 Å².